The Morgan fingerprint density at radius 3 is 2.56 bits per heavy atom. The molecule has 1 aromatic rings. The third-order valence-corrected chi connectivity index (χ3v) is 10.3. The Bertz CT molecular complexity index is 1220. The van der Waals surface area contributed by atoms with Gasteiger partial charge in [0.25, 0.3) is 0 Å². The van der Waals surface area contributed by atoms with Gasteiger partial charge < -0.3 is 10.2 Å². The lowest BCUT2D eigenvalue weighted by molar-refractivity contribution is -0.233. The molecule has 0 aromatic heterocycles. The minimum absolute atomic E-state index is 0.0488. The van der Waals surface area contributed by atoms with Crippen LogP contribution in [0.2, 0.25) is 5.02 Å². The first-order valence-electron chi connectivity index (χ1n) is 12.3. The van der Waals surface area contributed by atoms with Crippen molar-refractivity contribution in [3.05, 3.63) is 53.1 Å². The molecule has 192 valence electrons. The number of aliphatic hydroxyl groups is 1. The largest absolute Gasteiger partial charge is 0.479 e. The molecule has 2 N–H and O–H groups in total. The summed E-state index contributed by atoms with van der Waals surface area (Å²) < 4.78 is 32.9. The van der Waals surface area contributed by atoms with Gasteiger partial charge in [0, 0.05) is 27.7 Å². The molecular formula is C27H28ClF2NO5. The van der Waals surface area contributed by atoms with Crippen molar-refractivity contribution < 1.29 is 33.4 Å². The van der Waals surface area contributed by atoms with Gasteiger partial charge in [-0.15, -0.1) is 0 Å². The summed E-state index contributed by atoms with van der Waals surface area (Å²) in [7, 11) is 0. The lowest BCUT2D eigenvalue weighted by Crippen LogP contribution is -2.70. The third kappa shape index (κ3) is 2.68. The molecule has 0 unspecified atom stereocenters. The van der Waals surface area contributed by atoms with Gasteiger partial charge >= 0.3 is 5.97 Å². The maximum Gasteiger partial charge on any atom is 0.339 e. The van der Waals surface area contributed by atoms with E-state index in [0.717, 1.165) is 6.08 Å². The van der Waals surface area contributed by atoms with Crippen molar-refractivity contribution >= 4 is 29.0 Å². The van der Waals surface area contributed by atoms with Gasteiger partial charge in [0.05, 0.1) is 18.3 Å². The minimum Gasteiger partial charge on any atom is -0.479 e. The van der Waals surface area contributed by atoms with E-state index in [4.69, 9.17) is 16.4 Å². The van der Waals surface area contributed by atoms with Gasteiger partial charge in [0.1, 0.15) is 6.17 Å². The molecule has 5 aliphatic rings. The fraction of sp³-hybridized carbons (Fsp3) is 0.556. The number of carboxylic acids is 1. The van der Waals surface area contributed by atoms with Crippen molar-refractivity contribution in [1.29, 1.82) is 0 Å². The molecule has 1 saturated heterocycles. The van der Waals surface area contributed by atoms with Crippen LogP contribution in [0, 0.1) is 28.6 Å². The lowest BCUT2D eigenvalue weighted by Gasteiger charge is -2.62. The van der Waals surface area contributed by atoms with Gasteiger partial charge in [-0.3, -0.25) is 14.7 Å². The zero-order chi connectivity index (χ0) is 25.8. The van der Waals surface area contributed by atoms with Gasteiger partial charge in [-0.1, -0.05) is 24.6 Å². The number of alkyl halides is 2. The monoisotopic (exact) mass is 519 g/mol. The van der Waals surface area contributed by atoms with E-state index in [1.54, 1.807) is 31.2 Å². The maximum atomic E-state index is 17.3. The number of halogens is 3. The summed E-state index contributed by atoms with van der Waals surface area (Å²) in [4.78, 5) is 31.2. The third-order valence-electron chi connectivity index (χ3n) is 10.1. The smallest absolute Gasteiger partial charge is 0.339 e. The maximum absolute atomic E-state index is 17.3. The predicted octanol–water partition coefficient (Wildman–Crippen LogP) is 4.46. The highest BCUT2D eigenvalue weighted by atomic mass is 35.5. The van der Waals surface area contributed by atoms with E-state index in [1.807, 2.05) is 0 Å². The van der Waals surface area contributed by atoms with Crippen LogP contribution in [0.15, 0.2) is 48.1 Å². The predicted molar refractivity (Wildman–Crippen MR) is 128 cm³/mol. The number of aliphatic hydroxyl groups excluding tert-OH is 1. The van der Waals surface area contributed by atoms with Crippen LogP contribution in [0.4, 0.5) is 14.5 Å². The van der Waals surface area contributed by atoms with Crippen LogP contribution < -0.4 is 5.06 Å². The molecule has 6 rings (SSSR count). The number of carboxylic acid groups (broad SMARTS) is 1. The number of carbonyl (C=O) groups excluding carboxylic acids is 1. The summed E-state index contributed by atoms with van der Waals surface area (Å²) in [6, 6.07) is 6.85. The van der Waals surface area contributed by atoms with Gasteiger partial charge in [-0.25, -0.2) is 13.6 Å². The van der Waals surface area contributed by atoms with Crippen LogP contribution in [0.1, 0.15) is 33.1 Å². The van der Waals surface area contributed by atoms with Gasteiger partial charge in [0.15, 0.2) is 11.5 Å². The lowest BCUT2D eigenvalue weighted by atomic mass is 9.44. The summed E-state index contributed by atoms with van der Waals surface area (Å²) in [5.74, 6) is -3.56. The molecule has 4 fully saturated rings. The van der Waals surface area contributed by atoms with Gasteiger partial charge in [-0.05, 0) is 74.1 Å². The molecule has 9 atom stereocenters. The average molecular weight is 520 g/mol. The molecule has 0 amide bonds. The standard InChI is InChI=1S/C27H28ClF2NO5/c1-24-8-7-17(32)10-20(24)21(29)11-19-18-9-14-13-31(16-5-3-15(28)4-6-16)36-27(14,23(34)35)25(18,2)12-22(33)26(19,24)30/h3-8,10,14,18-19,21-22,33H,9,11-13H2,1-2H3,(H,34,35)/t14-,18-,19-,21-,22-,24-,25-,26-,27-/m0/s1. The fourth-order valence-corrected chi connectivity index (χ4v) is 8.50. The number of benzene rings is 1. The number of hydroxylamine groups is 1. The van der Waals surface area contributed by atoms with E-state index in [1.165, 1.54) is 24.1 Å². The average Bonchev–Trinajstić information content (AvgIpc) is 3.32. The molecule has 0 bridgehead atoms. The van der Waals surface area contributed by atoms with Crippen LogP contribution in [0.25, 0.3) is 0 Å². The molecule has 6 nitrogen and oxygen atoms in total. The van der Waals surface area contributed by atoms with Crippen LogP contribution in [0.5, 0.6) is 0 Å². The van der Waals surface area contributed by atoms with Crippen molar-refractivity contribution in [1.82, 2.24) is 0 Å². The number of hydrogen-bond donors (Lipinski definition) is 2. The number of allylic oxidation sites excluding steroid dienone is 4. The number of aliphatic carboxylic acids is 1. The Balaban J connectivity index is 1.43. The van der Waals surface area contributed by atoms with E-state index in [-0.39, 0.29) is 25.0 Å². The number of ketones is 1. The Labute approximate surface area is 212 Å². The first-order valence-corrected chi connectivity index (χ1v) is 12.7. The Kier molecular flexibility index (Phi) is 4.94. The van der Waals surface area contributed by atoms with Crippen LogP contribution >= 0.6 is 11.6 Å². The second-order valence-corrected chi connectivity index (χ2v) is 11.9. The van der Waals surface area contributed by atoms with Crippen LogP contribution in [-0.4, -0.2) is 52.1 Å². The number of rotatable bonds is 2. The van der Waals surface area contributed by atoms with E-state index in [9.17, 15) is 19.8 Å². The molecule has 0 radical (unpaired) electrons. The normalized spacial score (nSPS) is 47.1. The molecular weight excluding hydrogens is 492 g/mol. The van der Waals surface area contributed by atoms with Gasteiger partial charge in [0.2, 0.25) is 5.60 Å². The summed E-state index contributed by atoms with van der Waals surface area (Å²) in [6.45, 7) is 3.53. The molecule has 36 heavy (non-hydrogen) atoms. The van der Waals surface area contributed by atoms with Crippen molar-refractivity contribution in [3.8, 4) is 0 Å². The van der Waals surface area contributed by atoms with E-state index in [2.05, 4.69) is 0 Å². The number of hydrogen-bond acceptors (Lipinski definition) is 5. The fourth-order valence-electron chi connectivity index (χ4n) is 8.37. The molecule has 1 aliphatic heterocycles. The topological polar surface area (TPSA) is 87.1 Å². The SMILES string of the molecule is C[C@]12C=CC(=O)C=C1[C@@H](F)C[C@H]1[C@@H]3C[C@H]4CN(c5ccc(Cl)cc5)O[C@@]4(C(=O)O)[C@@]3(C)C[C@H](O)[C@@]12F. The zero-order valence-corrected chi connectivity index (χ0v) is 20.7. The summed E-state index contributed by atoms with van der Waals surface area (Å²) in [5.41, 5.74) is -5.93. The number of fused-ring (bicyclic) bond motifs is 7. The molecule has 9 heteroatoms. The van der Waals surface area contributed by atoms with E-state index >= 15 is 8.78 Å². The first kappa shape index (κ1) is 24.1. The first-order chi connectivity index (χ1) is 16.9. The number of nitrogens with zero attached hydrogens (tertiary/aromatic N) is 1. The molecule has 4 aliphatic carbocycles. The summed E-state index contributed by atoms with van der Waals surface area (Å²) in [5, 5.41) is 24.1. The Morgan fingerprint density at radius 1 is 1.19 bits per heavy atom. The van der Waals surface area contributed by atoms with Crippen LogP contribution in [-0.2, 0) is 14.4 Å². The highest BCUT2D eigenvalue weighted by Gasteiger charge is 2.80. The zero-order valence-electron chi connectivity index (χ0n) is 20.0. The molecule has 1 aromatic carbocycles. The molecule has 3 saturated carbocycles. The number of carbonyl (C=O) groups is 2. The quantitative estimate of drug-likeness (QED) is 0.600. The van der Waals surface area contributed by atoms with E-state index in [0.29, 0.717) is 17.1 Å². The second-order valence-electron chi connectivity index (χ2n) is 11.5. The molecule has 1 heterocycles. The summed E-state index contributed by atoms with van der Waals surface area (Å²) in [6.07, 6.45) is 0.555. The number of anilines is 1. The van der Waals surface area contributed by atoms with Gasteiger partial charge in [-0.2, -0.15) is 0 Å². The van der Waals surface area contributed by atoms with Crippen LogP contribution in [0.3, 0.4) is 0 Å². The highest BCUT2D eigenvalue weighted by Crippen LogP contribution is 2.72. The van der Waals surface area contributed by atoms with Crippen molar-refractivity contribution in [2.24, 2.45) is 28.6 Å². The van der Waals surface area contributed by atoms with Crippen molar-refractivity contribution in [2.75, 3.05) is 11.6 Å². The Hall–Kier alpha value is -2.29. The minimum atomic E-state index is -2.25. The molecule has 0 spiro atoms. The highest BCUT2D eigenvalue weighted by molar-refractivity contribution is 6.30. The summed E-state index contributed by atoms with van der Waals surface area (Å²) >= 11 is 6.00. The van der Waals surface area contributed by atoms with Crippen molar-refractivity contribution in [3.63, 3.8) is 0 Å². The Morgan fingerprint density at radius 2 is 1.89 bits per heavy atom. The van der Waals surface area contributed by atoms with E-state index < -0.39 is 63.9 Å². The second kappa shape index (κ2) is 7.39. The van der Waals surface area contributed by atoms with Crippen molar-refractivity contribution in [2.45, 2.75) is 56.7 Å².